The number of piperazine rings is 1. The Balaban J connectivity index is 0.000000170. The fraction of sp³-hybridized carbons (Fsp3) is 0.385. The molecule has 1 aliphatic heterocycles. The predicted octanol–water partition coefficient (Wildman–Crippen LogP) is 2.57. The van der Waals surface area contributed by atoms with Crippen molar-refractivity contribution in [2.75, 3.05) is 38.1 Å². The first-order valence-corrected chi connectivity index (χ1v) is 12.0. The van der Waals surface area contributed by atoms with Crippen molar-refractivity contribution in [3.63, 3.8) is 0 Å². The highest BCUT2D eigenvalue weighted by Gasteiger charge is 2.22. The number of aromatic nitrogens is 3. The maximum atomic E-state index is 13.0. The van der Waals surface area contributed by atoms with Crippen LogP contribution in [-0.4, -0.2) is 65.4 Å². The molecule has 0 spiro atoms. The number of nitriles is 1. The minimum atomic E-state index is -0.404. The van der Waals surface area contributed by atoms with E-state index in [0.717, 1.165) is 50.5 Å². The zero-order valence-corrected chi connectivity index (χ0v) is 20.3. The summed E-state index contributed by atoms with van der Waals surface area (Å²) in [4.78, 5) is 36.8. The first-order chi connectivity index (χ1) is 17.4. The number of rotatable bonds is 3. The number of H-pyrrole nitrogens is 1. The predicted molar refractivity (Wildman–Crippen MR) is 135 cm³/mol. The van der Waals surface area contributed by atoms with E-state index in [1.807, 2.05) is 4.58 Å². The number of amides is 1. The van der Waals surface area contributed by atoms with Gasteiger partial charge in [-0.25, -0.2) is 18.9 Å². The van der Waals surface area contributed by atoms with Gasteiger partial charge in [0.25, 0.3) is 11.5 Å². The van der Waals surface area contributed by atoms with Crippen molar-refractivity contribution >= 4 is 29.2 Å². The number of hydrogen-bond acceptors (Lipinski definition) is 6. The van der Waals surface area contributed by atoms with E-state index in [4.69, 9.17) is 0 Å². The quantitative estimate of drug-likeness (QED) is 0.545. The third kappa shape index (κ3) is 5.57. The van der Waals surface area contributed by atoms with Gasteiger partial charge in [-0.2, -0.15) is 5.26 Å². The van der Waals surface area contributed by atoms with Crippen LogP contribution in [-0.2, 0) is 0 Å². The number of aromatic amines is 1. The van der Waals surface area contributed by atoms with Gasteiger partial charge in [-0.1, -0.05) is 12.8 Å². The molecule has 9 nitrogen and oxygen atoms in total. The van der Waals surface area contributed by atoms with Crippen LogP contribution in [0, 0.1) is 17.1 Å². The van der Waals surface area contributed by atoms with E-state index in [-0.39, 0.29) is 17.2 Å². The standard InChI is InChI=1S/C13H13FN2O.C13H15N5O/c14-9-5-6-11-10(7-9)13(17)16-12(15-11)8-3-1-2-4-8;1-15-13(19)10-3-4-12(11(9-14)16-10)18-7-5-17(2)6-8-18/h5-8H,1-4H2,(H,15,16,17);3-4H,2,5-8H2,1H3/p+1. The van der Waals surface area contributed by atoms with Crippen LogP contribution in [0.2, 0.25) is 0 Å². The molecule has 0 atom stereocenters. The number of nitrogens with zero attached hydrogens (tertiary/aromatic N) is 5. The molecule has 186 valence electrons. The molecule has 3 heterocycles. The SMILES string of the molecule is C=[N+]1CCN(c2ccc(C(=O)NC)nc2C#N)CC1.O=c1[nH]c(C2CCCC2)nc2ccc(F)cc12. The van der Waals surface area contributed by atoms with Gasteiger partial charge in [-0.05, 0) is 43.2 Å². The smallest absolute Gasteiger partial charge is 0.269 e. The summed E-state index contributed by atoms with van der Waals surface area (Å²) in [6.07, 6.45) is 4.54. The van der Waals surface area contributed by atoms with Crippen molar-refractivity contribution in [2.45, 2.75) is 31.6 Å². The lowest BCUT2D eigenvalue weighted by atomic mass is 10.1. The molecule has 2 aliphatic rings. The summed E-state index contributed by atoms with van der Waals surface area (Å²) in [6, 6.07) is 9.64. The molecular formula is C26H29FN7O2+. The second kappa shape index (κ2) is 11.1. The fourth-order valence-corrected chi connectivity index (χ4v) is 4.55. The van der Waals surface area contributed by atoms with Gasteiger partial charge in [0.05, 0.1) is 29.7 Å². The Labute approximate surface area is 208 Å². The molecule has 0 radical (unpaired) electrons. The van der Waals surface area contributed by atoms with Crippen LogP contribution >= 0.6 is 0 Å². The van der Waals surface area contributed by atoms with E-state index in [0.29, 0.717) is 22.5 Å². The summed E-state index contributed by atoms with van der Waals surface area (Å²) in [7, 11) is 1.54. The Morgan fingerprint density at radius 2 is 1.94 bits per heavy atom. The molecular weight excluding hydrogens is 461 g/mol. The van der Waals surface area contributed by atoms with Crippen molar-refractivity contribution in [1.82, 2.24) is 20.3 Å². The monoisotopic (exact) mass is 490 g/mol. The van der Waals surface area contributed by atoms with Crippen molar-refractivity contribution in [3.05, 3.63) is 63.7 Å². The number of benzene rings is 1. The van der Waals surface area contributed by atoms with E-state index in [9.17, 15) is 19.2 Å². The van der Waals surface area contributed by atoms with E-state index in [1.54, 1.807) is 18.2 Å². The molecule has 1 aromatic carbocycles. The zero-order chi connectivity index (χ0) is 25.7. The van der Waals surface area contributed by atoms with Gasteiger partial charge < -0.3 is 15.2 Å². The molecule has 1 saturated heterocycles. The Bertz CT molecular complexity index is 1380. The maximum Gasteiger partial charge on any atom is 0.269 e. The van der Waals surface area contributed by atoms with Gasteiger partial charge >= 0.3 is 0 Å². The fourth-order valence-electron chi connectivity index (χ4n) is 4.55. The number of anilines is 1. The molecule has 1 aliphatic carbocycles. The van der Waals surface area contributed by atoms with Crippen molar-refractivity contribution in [2.24, 2.45) is 0 Å². The summed E-state index contributed by atoms with van der Waals surface area (Å²) in [6.45, 7) is 7.20. The highest BCUT2D eigenvalue weighted by Crippen LogP contribution is 2.32. The molecule has 1 amide bonds. The third-order valence-electron chi connectivity index (χ3n) is 6.58. The maximum absolute atomic E-state index is 13.0. The first kappa shape index (κ1) is 25.0. The normalized spacial score (nSPS) is 15.8. The molecule has 2 fully saturated rings. The number of hydrogen-bond donors (Lipinski definition) is 2. The first-order valence-electron chi connectivity index (χ1n) is 12.0. The van der Waals surface area contributed by atoms with Crippen LogP contribution in [0.15, 0.2) is 35.1 Å². The molecule has 1 saturated carbocycles. The Morgan fingerprint density at radius 1 is 1.22 bits per heavy atom. The summed E-state index contributed by atoms with van der Waals surface area (Å²) in [5.74, 6) is 0.424. The lowest BCUT2D eigenvalue weighted by molar-refractivity contribution is -0.521. The number of pyridine rings is 1. The van der Waals surface area contributed by atoms with Gasteiger partial charge in [0.15, 0.2) is 18.8 Å². The minimum Gasteiger partial charge on any atom is -0.357 e. The van der Waals surface area contributed by atoms with Crippen LogP contribution < -0.4 is 15.8 Å². The van der Waals surface area contributed by atoms with Crippen LogP contribution in [0.4, 0.5) is 10.1 Å². The summed E-state index contributed by atoms with van der Waals surface area (Å²) >= 11 is 0. The summed E-state index contributed by atoms with van der Waals surface area (Å²) in [5.41, 5.74) is 1.67. The summed E-state index contributed by atoms with van der Waals surface area (Å²) < 4.78 is 15.0. The van der Waals surface area contributed by atoms with Gasteiger partial charge in [-0.15, -0.1) is 0 Å². The molecule has 36 heavy (non-hydrogen) atoms. The molecule has 3 aromatic rings. The molecule has 10 heteroatoms. The molecule has 2 N–H and O–H groups in total. The second-order valence-corrected chi connectivity index (χ2v) is 8.95. The third-order valence-corrected chi connectivity index (χ3v) is 6.58. The van der Waals surface area contributed by atoms with Crippen LogP contribution in [0.3, 0.4) is 0 Å². The number of fused-ring (bicyclic) bond motifs is 1. The Morgan fingerprint density at radius 3 is 2.61 bits per heavy atom. The van der Waals surface area contributed by atoms with Gasteiger partial charge in [0, 0.05) is 13.0 Å². The lowest BCUT2D eigenvalue weighted by Crippen LogP contribution is -2.42. The number of carbonyl (C=O) groups is 1. The molecule has 5 rings (SSSR count). The van der Waals surface area contributed by atoms with Crippen molar-refractivity contribution in [1.29, 1.82) is 5.26 Å². The van der Waals surface area contributed by atoms with E-state index >= 15 is 0 Å². The topological polar surface area (TPSA) is 118 Å². The zero-order valence-electron chi connectivity index (χ0n) is 20.3. The summed E-state index contributed by atoms with van der Waals surface area (Å²) in [5, 5.41) is 12.0. The van der Waals surface area contributed by atoms with Crippen molar-refractivity contribution < 1.29 is 13.8 Å². The van der Waals surface area contributed by atoms with Crippen LogP contribution in [0.25, 0.3) is 10.9 Å². The van der Waals surface area contributed by atoms with Gasteiger partial charge in [-0.3, -0.25) is 9.59 Å². The lowest BCUT2D eigenvalue weighted by Gasteiger charge is -2.27. The Hall–Kier alpha value is -4.13. The average molecular weight is 491 g/mol. The van der Waals surface area contributed by atoms with Crippen LogP contribution in [0.5, 0.6) is 0 Å². The second-order valence-electron chi connectivity index (χ2n) is 8.95. The number of carbonyl (C=O) groups excluding carboxylic acids is 1. The largest absolute Gasteiger partial charge is 0.357 e. The Kier molecular flexibility index (Phi) is 7.68. The molecule has 0 bridgehead atoms. The molecule has 0 unspecified atom stereocenters. The van der Waals surface area contributed by atoms with Gasteiger partial charge in [0.1, 0.15) is 30.1 Å². The van der Waals surface area contributed by atoms with E-state index in [1.165, 1.54) is 32.0 Å². The number of halogens is 1. The van der Waals surface area contributed by atoms with Crippen molar-refractivity contribution in [3.8, 4) is 6.07 Å². The highest BCUT2D eigenvalue weighted by molar-refractivity contribution is 5.92. The average Bonchev–Trinajstić information content (AvgIpc) is 3.44. The van der Waals surface area contributed by atoms with Crippen LogP contribution in [0.1, 0.15) is 53.6 Å². The highest BCUT2D eigenvalue weighted by atomic mass is 19.1. The number of nitrogens with one attached hydrogen (secondary N) is 2. The minimum absolute atomic E-state index is 0.239. The van der Waals surface area contributed by atoms with E-state index < -0.39 is 5.82 Å². The molecule has 2 aromatic heterocycles. The van der Waals surface area contributed by atoms with Gasteiger partial charge in [0.2, 0.25) is 0 Å². The van der Waals surface area contributed by atoms with E-state index in [2.05, 4.69) is 38.0 Å².